The van der Waals surface area contributed by atoms with Crippen LogP contribution in [0.1, 0.15) is 50.1 Å². The Balaban J connectivity index is 1.12. The van der Waals surface area contributed by atoms with Gasteiger partial charge in [0, 0.05) is 61.0 Å². The standard InChI is InChI=1S/C25H30N6O2/c1-2-17(1)21-15-24(29-16-28-21)30-18-3-5-20(6-4-18)33-23-14-19(31-9-11-32-12-10-31)13-22-25(23)27-8-7-26-22/h7-8,13-18,20H,1-6,9-12H2,(H,28,29,30)/t18-,20+. The van der Waals surface area contributed by atoms with Crippen molar-refractivity contribution < 1.29 is 9.47 Å². The monoisotopic (exact) mass is 446 g/mol. The number of morpholine rings is 1. The van der Waals surface area contributed by atoms with Crippen molar-refractivity contribution >= 4 is 22.5 Å². The smallest absolute Gasteiger partial charge is 0.149 e. The number of hydrogen-bond acceptors (Lipinski definition) is 8. The molecule has 8 heteroatoms. The molecule has 0 unspecified atom stereocenters. The molecule has 1 saturated heterocycles. The summed E-state index contributed by atoms with van der Waals surface area (Å²) in [6.07, 6.45) is 12.0. The molecular weight excluding hydrogens is 416 g/mol. The third-order valence-electron chi connectivity index (χ3n) is 6.90. The maximum Gasteiger partial charge on any atom is 0.149 e. The van der Waals surface area contributed by atoms with Gasteiger partial charge >= 0.3 is 0 Å². The molecule has 2 aliphatic carbocycles. The van der Waals surface area contributed by atoms with Crippen molar-refractivity contribution in [3.8, 4) is 5.75 Å². The highest BCUT2D eigenvalue weighted by Crippen LogP contribution is 2.39. The van der Waals surface area contributed by atoms with Gasteiger partial charge in [-0.2, -0.15) is 0 Å². The zero-order chi connectivity index (χ0) is 22.0. The van der Waals surface area contributed by atoms with E-state index in [-0.39, 0.29) is 6.10 Å². The van der Waals surface area contributed by atoms with E-state index in [1.807, 2.05) is 0 Å². The highest BCUT2D eigenvalue weighted by atomic mass is 16.5. The second kappa shape index (κ2) is 9.09. The average Bonchev–Trinajstić information content (AvgIpc) is 3.72. The Bertz CT molecular complexity index is 1110. The number of benzene rings is 1. The van der Waals surface area contributed by atoms with Crippen molar-refractivity contribution in [1.29, 1.82) is 0 Å². The Morgan fingerprint density at radius 3 is 2.52 bits per heavy atom. The topological polar surface area (TPSA) is 85.3 Å². The molecule has 33 heavy (non-hydrogen) atoms. The fourth-order valence-corrected chi connectivity index (χ4v) is 4.89. The average molecular weight is 447 g/mol. The first-order chi connectivity index (χ1) is 16.3. The molecule has 1 aromatic carbocycles. The molecular formula is C25H30N6O2. The van der Waals surface area contributed by atoms with Gasteiger partial charge in [-0.15, -0.1) is 0 Å². The minimum absolute atomic E-state index is 0.181. The Morgan fingerprint density at radius 2 is 1.70 bits per heavy atom. The number of nitrogens with zero attached hydrogens (tertiary/aromatic N) is 5. The Labute approximate surface area is 193 Å². The van der Waals surface area contributed by atoms with Crippen LogP contribution in [0, 0.1) is 0 Å². The molecule has 172 valence electrons. The predicted octanol–water partition coefficient (Wildman–Crippen LogP) is 3.94. The largest absolute Gasteiger partial charge is 0.488 e. The van der Waals surface area contributed by atoms with Crippen LogP contribution < -0.4 is 15.0 Å². The lowest BCUT2D eigenvalue weighted by Crippen LogP contribution is -2.36. The molecule has 0 spiro atoms. The van der Waals surface area contributed by atoms with Crippen molar-refractivity contribution in [2.24, 2.45) is 0 Å². The van der Waals surface area contributed by atoms with Crippen molar-refractivity contribution in [1.82, 2.24) is 19.9 Å². The quantitative estimate of drug-likeness (QED) is 0.610. The normalized spacial score (nSPS) is 23.5. The molecule has 2 aromatic heterocycles. The van der Waals surface area contributed by atoms with Gasteiger partial charge in [-0.25, -0.2) is 15.0 Å². The van der Waals surface area contributed by atoms with Gasteiger partial charge in [-0.05, 0) is 44.6 Å². The summed E-state index contributed by atoms with van der Waals surface area (Å²) in [5, 5.41) is 3.62. The summed E-state index contributed by atoms with van der Waals surface area (Å²) < 4.78 is 12.1. The molecule has 0 radical (unpaired) electrons. The van der Waals surface area contributed by atoms with Crippen molar-refractivity contribution in [3.05, 3.63) is 42.6 Å². The summed E-state index contributed by atoms with van der Waals surface area (Å²) in [7, 11) is 0. The lowest BCUT2D eigenvalue weighted by molar-refractivity contribution is 0.122. The van der Waals surface area contributed by atoms with Crippen molar-refractivity contribution in [3.63, 3.8) is 0 Å². The second-order valence-electron chi connectivity index (χ2n) is 9.31. The lowest BCUT2D eigenvalue weighted by atomic mass is 9.93. The number of aromatic nitrogens is 4. The summed E-state index contributed by atoms with van der Waals surface area (Å²) in [4.78, 5) is 20.3. The summed E-state index contributed by atoms with van der Waals surface area (Å²) in [6.45, 7) is 3.27. The van der Waals surface area contributed by atoms with Crippen LogP contribution in [0.3, 0.4) is 0 Å². The Hall–Kier alpha value is -3.00. The molecule has 1 aliphatic heterocycles. The van der Waals surface area contributed by atoms with E-state index in [1.54, 1.807) is 18.7 Å². The van der Waals surface area contributed by atoms with Crippen LogP contribution >= 0.6 is 0 Å². The van der Waals surface area contributed by atoms with E-state index >= 15 is 0 Å². The van der Waals surface area contributed by atoms with E-state index in [9.17, 15) is 0 Å². The van der Waals surface area contributed by atoms with E-state index in [2.05, 4.69) is 48.4 Å². The van der Waals surface area contributed by atoms with Gasteiger partial charge in [0.2, 0.25) is 0 Å². The number of hydrogen-bond donors (Lipinski definition) is 1. The first-order valence-corrected chi connectivity index (χ1v) is 12.1. The molecule has 3 heterocycles. The molecule has 6 rings (SSSR count). The first kappa shape index (κ1) is 20.6. The zero-order valence-electron chi connectivity index (χ0n) is 18.8. The molecule has 3 aliphatic rings. The first-order valence-electron chi connectivity index (χ1n) is 12.1. The van der Waals surface area contributed by atoms with Crippen molar-refractivity contribution in [2.45, 2.75) is 56.6 Å². The van der Waals surface area contributed by atoms with E-state index in [0.717, 1.165) is 80.3 Å². The molecule has 3 aromatic rings. The van der Waals surface area contributed by atoms with Gasteiger partial charge in [0.15, 0.2) is 0 Å². The summed E-state index contributed by atoms with van der Waals surface area (Å²) in [6, 6.07) is 6.79. The minimum Gasteiger partial charge on any atom is -0.488 e. The van der Waals surface area contributed by atoms with E-state index in [1.165, 1.54) is 18.5 Å². The molecule has 3 fully saturated rings. The summed E-state index contributed by atoms with van der Waals surface area (Å²) in [5.74, 6) is 2.43. The molecule has 0 atom stereocenters. The maximum absolute atomic E-state index is 6.54. The summed E-state index contributed by atoms with van der Waals surface area (Å²) in [5.41, 5.74) is 4.02. The van der Waals surface area contributed by atoms with Gasteiger partial charge in [0.25, 0.3) is 0 Å². The number of ether oxygens (including phenoxy) is 2. The zero-order valence-corrected chi connectivity index (χ0v) is 18.8. The maximum atomic E-state index is 6.54. The third kappa shape index (κ3) is 4.71. The Morgan fingerprint density at radius 1 is 0.879 bits per heavy atom. The van der Waals surface area contributed by atoms with Crippen LogP contribution in [-0.2, 0) is 4.74 Å². The predicted molar refractivity (Wildman–Crippen MR) is 127 cm³/mol. The highest BCUT2D eigenvalue weighted by Gasteiger charge is 2.27. The molecule has 8 nitrogen and oxygen atoms in total. The highest BCUT2D eigenvalue weighted by molar-refractivity contribution is 5.85. The number of rotatable bonds is 6. The lowest BCUT2D eigenvalue weighted by Gasteiger charge is -2.31. The summed E-state index contributed by atoms with van der Waals surface area (Å²) >= 11 is 0. The van der Waals surface area contributed by atoms with E-state index in [0.29, 0.717) is 12.0 Å². The fourth-order valence-electron chi connectivity index (χ4n) is 4.89. The van der Waals surface area contributed by atoms with Crippen LogP contribution in [0.25, 0.3) is 11.0 Å². The van der Waals surface area contributed by atoms with Crippen LogP contribution in [0.2, 0.25) is 0 Å². The van der Waals surface area contributed by atoms with Gasteiger partial charge < -0.3 is 19.7 Å². The molecule has 0 bridgehead atoms. The number of fused-ring (bicyclic) bond motifs is 1. The SMILES string of the molecule is c1nc(N[C@H]2CC[C@@H](Oc3cc(N4CCOCC4)cc4nccnc34)CC2)cc(C2CC2)n1. The second-order valence-corrected chi connectivity index (χ2v) is 9.31. The van der Waals surface area contributed by atoms with Gasteiger partial charge in [0.1, 0.15) is 23.4 Å². The molecule has 0 amide bonds. The van der Waals surface area contributed by atoms with Crippen LogP contribution in [-0.4, -0.2) is 58.4 Å². The number of nitrogens with one attached hydrogen (secondary N) is 1. The van der Waals surface area contributed by atoms with Crippen LogP contribution in [0.15, 0.2) is 36.9 Å². The van der Waals surface area contributed by atoms with E-state index < -0.39 is 0 Å². The van der Waals surface area contributed by atoms with E-state index in [4.69, 9.17) is 9.47 Å². The third-order valence-corrected chi connectivity index (χ3v) is 6.90. The van der Waals surface area contributed by atoms with Crippen molar-refractivity contribution in [2.75, 3.05) is 36.5 Å². The van der Waals surface area contributed by atoms with Gasteiger partial charge in [0.05, 0.1) is 24.8 Å². The fraction of sp³-hybridized carbons (Fsp3) is 0.520. The molecule has 2 saturated carbocycles. The Kier molecular flexibility index (Phi) is 5.68. The van der Waals surface area contributed by atoms with Crippen LogP contribution in [0.5, 0.6) is 5.75 Å². The van der Waals surface area contributed by atoms with Crippen LogP contribution in [0.4, 0.5) is 11.5 Å². The minimum atomic E-state index is 0.181. The van der Waals surface area contributed by atoms with Gasteiger partial charge in [-0.1, -0.05) is 0 Å². The number of anilines is 2. The molecule has 1 N–H and O–H groups in total. The van der Waals surface area contributed by atoms with Gasteiger partial charge in [-0.3, -0.25) is 4.98 Å².